The molecule has 2 aliphatic rings. The lowest BCUT2D eigenvalue weighted by molar-refractivity contribution is -0.144. The molecule has 2 fully saturated rings. The highest BCUT2D eigenvalue weighted by Crippen LogP contribution is 2.27. The van der Waals surface area contributed by atoms with Gasteiger partial charge in [-0.25, -0.2) is 0 Å². The van der Waals surface area contributed by atoms with Crippen LogP contribution in [0.4, 0.5) is 0 Å². The summed E-state index contributed by atoms with van der Waals surface area (Å²) in [4.78, 5) is 41.6. The van der Waals surface area contributed by atoms with E-state index in [1.807, 2.05) is 51.1 Å². The van der Waals surface area contributed by atoms with Crippen molar-refractivity contribution in [1.82, 2.24) is 15.1 Å². The van der Waals surface area contributed by atoms with Crippen molar-refractivity contribution in [2.75, 3.05) is 31.3 Å². The number of rotatable bonds is 5. The summed E-state index contributed by atoms with van der Waals surface area (Å²) in [5.74, 6) is 1.57. The molecule has 0 aromatic heterocycles. The van der Waals surface area contributed by atoms with Crippen LogP contribution in [0.2, 0.25) is 0 Å². The number of hydrogen-bond acceptors (Lipinski definition) is 5. The van der Waals surface area contributed by atoms with E-state index in [2.05, 4.69) is 5.32 Å². The largest absolute Gasteiger partial charge is 0.484 e. The van der Waals surface area contributed by atoms with Crippen LogP contribution < -0.4 is 10.1 Å². The second kappa shape index (κ2) is 9.73. The molecule has 2 saturated heterocycles. The van der Waals surface area contributed by atoms with Crippen molar-refractivity contribution in [3.63, 3.8) is 0 Å². The van der Waals surface area contributed by atoms with E-state index in [-0.39, 0.29) is 35.8 Å². The minimum Gasteiger partial charge on any atom is -0.484 e. The molecule has 8 heteroatoms. The lowest BCUT2D eigenvalue weighted by Gasteiger charge is -2.34. The summed E-state index contributed by atoms with van der Waals surface area (Å²) in [6.45, 7) is 6.88. The molecule has 1 atom stereocenters. The molecule has 0 saturated carbocycles. The van der Waals surface area contributed by atoms with Crippen LogP contribution >= 0.6 is 11.8 Å². The molecule has 3 amide bonds. The number of piperidine rings is 1. The minimum absolute atomic E-state index is 0.000437. The fourth-order valence-corrected chi connectivity index (χ4v) is 4.86. The van der Waals surface area contributed by atoms with Crippen LogP contribution in [0.3, 0.4) is 0 Å². The van der Waals surface area contributed by atoms with Gasteiger partial charge >= 0.3 is 0 Å². The Morgan fingerprint density at radius 1 is 1.13 bits per heavy atom. The van der Waals surface area contributed by atoms with Crippen LogP contribution in [0.1, 0.15) is 33.6 Å². The highest BCUT2D eigenvalue weighted by molar-refractivity contribution is 7.99. The Labute approximate surface area is 182 Å². The van der Waals surface area contributed by atoms with E-state index in [0.29, 0.717) is 43.3 Å². The first kappa shape index (κ1) is 22.5. The summed E-state index contributed by atoms with van der Waals surface area (Å²) >= 11 is 1.61. The van der Waals surface area contributed by atoms with Gasteiger partial charge < -0.3 is 19.9 Å². The summed E-state index contributed by atoms with van der Waals surface area (Å²) in [7, 11) is 0. The van der Waals surface area contributed by atoms with E-state index in [0.717, 1.165) is 0 Å². The minimum atomic E-state index is -0.416. The number of thioether (sulfide) groups is 1. The highest BCUT2D eigenvalue weighted by Gasteiger charge is 2.39. The third-order valence-corrected chi connectivity index (χ3v) is 6.28. The zero-order valence-corrected chi connectivity index (χ0v) is 18.7. The van der Waals surface area contributed by atoms with E-state index >= 15 is 0 Å². The van der Waals surface area contributed by atoms with Crippen LogP contribution in [0.5, 0.6) is 5.75 Å². The summed E-state index contributed by atoms with van der Waals surface area (Å²) in [5.41, 5.74) is -0.327. The van der Waals surface area contributed by atoms with Gasteiger partial charge in [0.25, 0.3) is 5.91 Å². The molecule has 2 heterocycles. The Bertz CT molecular complexity index is 757. The topological polar surface area (TPSA) is 79.0 Å². The number of carbonyl (C=O) groups excluding carboxylic acids is 3. The molecular formula is C22H31N3O4S. The Kier molecular flexibility index (Phi) is 7.28. The average Bonchev–Trinajstić information content (AvgIpc) is 3.21. The Hall–Kier alpha value is -2.22. The predicted molar refractivity (Wildman–Crippen MR) is 117 cm³/mol. The Morgan fingerprint density at radius 3 is 2.43 bits per heavy atom. The molecule has 2 aliphatic heterocycles. The van der Waals surface area contributed by atoms with Gasteiger partial charge in [0.05, 0.1) is 5.88 Å². The third-order valence-electron chi connectivity index (χ3n) is 5.27. The van der Waals surface area contributed by atoms with E-state index in [9.17, 15) is 14.4 Å². The van der Waals surface area contributed by atoms with E-state index < -0.39 is 6.04 Å². The number of nitrogens with zero attached hydrogens (tertiary/aromatic N) is 2. The normalized spacial score (nSPS) is 20.2. The van der Waals surface area contributed by atoms with Crippen molar-refractivity contribution in [3.05, 3.63) is 30.3 Å². The molecule has 1 unspecified atom stereocenters. The SMILES string of the molecule is CC(C)(C)NC(=O)C1CSCN1C(=O)C1CCN(C(=O)COc2ccccc2)CC1. The fraction of sp³-hybridized carbons (Fsp3) is 0.591. The zero-order valence-electron chi connectivity index (χ0n) is 17.9. The quantitative estimate of drug-likeness (QED) is 0.770. The summed E-state index contributed by atoms with van der Waals surface area (Å²) in [5, 5.41) is 2.99. The molecule has 30 heavy (non-hydrogen) atoms. The number of hydrogen-bond donors (Lipinski definition) is 1. The average molecular weight is 434 g/mol. The van der Waals surface area contributed by atoms with Crippen molar-refractivity contribution in [2.45, 2.75) is 45.2 Å². The molecule has 0 aliphatic carbocycles. The molecule has 1 N–H and O–H groups in total. The van der Waals surface area contributed by atoms with Crippen LogP contribution in [0, 0.1) is 5.92 Å². The van der Waals surface area contributed by atoms with Crippen LogP contribution in [0.25, 0.3) is 0 Å². The van der Waals surface area contributed by atoms with Gasteiger partial charge in [-0.05, 0) is 45.7 Å². The summed E-state index contributed by atoms with van der Waals surface area (Å²) < 4.78 is 5.54. The Morgan fingerprint density at radius 2 is 1.80 bits per heavy atom. The molecule has 3 rings (SSSR count). The van der Waals surface area contributed by atoms with Crippen LogP contribution in [-0.4, -0.2) is 70.4 Å². The molecule has 1 aromatic carbocycles. The number of nitrogens with one attached hydrogen (secondary N) is 1. The van der Waals surface area contributed by atoms with Gasteiger partial charge in [0.1, 0.15) is 11.8 Å². The fourth-order valence-electron chi connectivity index (χ4n) is 3.69. The maximum atomic E-state index is 13.1. The lowest BCUT2D eigenvalue weighted by atomic mass is 9.94. The van der Waals surface area contributed by atoms with Crippen LogP contribution in [-0.2, 0) is 14.4 Å². The van der Waals surface area contributed by atoms with Gasteiger partial charge in [-0.3, -0.25) is 14.4 Å². The number of carbonyl (C=O) groups is 3. The third kappa shape index (κ3) is 5.90. The molecule has 0 spiro atoms. The Balaban J connectivity index is 1.48. The summed E-state index contributed by atoms with van der Waals surface area (Å²) in [6, 6.07) is 8.84. The molecule has 0 radical (unpaired) electrons. The van der Waals surface area contributed by atoms with Crippen molar-refractivity contribution >= 4 is 29.5 Å². The standard InChI is InChI=1S/C22H31N3O4S/c1-22(2,3)23-20(27)18-14-30-15-25(18)21(28)16-9-11-24(12-10-16)19(26)13-29-17-7-5-4-6-8-17/h4-8,16,18H,9-15H2,1-3H3,(H,23,27). The number of likely N-dealkylation sites (tertiary alicyclic amines) is 1. The number of ether oxygens (including phenoxy) is 1. The van der Waals surface area contributed by atoms with Gasteiger partial charge in [-0.15, -0.1) is 11.8 Å². The second-order valence-corrected chi connectivity index (χ2v) is 9.82. The van der Waals surface area contributed by atoms with E-state index in [4.69, 9.17) is 4.74 Å². The number of benzene rings is 1. The first-order valence-corrected chi connectivity index (χ1v) is 11.6. The van der Waals surface area contributed by atoms with E-state index in [1.54, 1.807) is 21.6 Å². The van der Waals surface area contributed by atoms with Gasteiger partial charge in [0, 0.05) is 30.3 Å². The first-order chi connectivity index (χ1) is 14.2. The zero-order chi connectivity index (χ0) is 21.7. The monoisotopic (exact) mass is 433 g/mol. The van der Waals surface area contributed by atoms with Gasteiger partial charge in [0.2, 0.25) is 11.8 Å². The van der Waals surface area contributed by atoms with Crippen LogP contribution in [0.15, 0.2) is 30.3 Å². The predicted octanol–water partition coefficient (Wildman–Crippen LogP) is 2.12. The number of para-hydroxylation sites is 1. The van der Waals surface area contributed by atoms with Gasteiger partial charge in [-0.2, -0.15) is 0 Å². The maximum absolute atomic E-state index is 13.1. The highest BCUT2D eigenvalue weighted by atomic mass is 32.2. The lowest BCUT2D eigenvalue weighted by Crippen LogP contribution is -2.54. The first-order valence-electron chi connectivity index (χ1n) is 10.4. The molecular weight excluding hydrogens is 402 g/mol. The van der Waals surface area contributed by atoms with Gasteiger partial charge in [0.15, 0.2) is 6.61 Å². The van der Waals surface area contributed by atoms with Crippen molar-refractivity contribution in [3.8, 4) is 5.75 Å². The van der Waals surface area contributed by atoms with Crippen molar-refractivity contribution in [2.24, 2.45) is 5.92 Å². The van der Waals surface area contributed by atoms with Crippen molar-refractivity contribution in [1.29, 1.82) is 0 Å². The molecule has 164 valence electrons. The number of amides is 3. The summed E-state index contributed by atoms with van der Waals surface area (Å²) in [6.07, 6.45) is 1.23. The van der Waals surface area contributed by atoms with Crippen molar-refractivity contribution < 1.29 is 19.1 Å². The molecule has 1 aromatic rings. The maximum Gasteiger partial charge on any atom is 0.260 e. The van der Waals surface area contributed by atoms with Gasteiger partial charge in [-0.1, -0.05) is 18.2 Å². The second-order valence-electron chi connectivity index (χ2n) is 8.82. The molecule has 0 bridgehead atoms. The molecule has 7 nitrogen and oxygen atoms in total. The van der Waals surface area contributed by atoms with E-state index in [1.165, 1.54) is 0 Å². The smallest absolute Gasteiger partial charge is 0.260 e.